The van der Waals surface area contributed by atoms with Gasteiger partial charge in [0.1, 0.15) is 0 Å². The van der Waals surface area contributed by atoms with Gasteiger partial charge in [-0.15, -0.1) is 11.3 Å². The van der Waals surface area contributed by atoms with E-state index in [4.69, 9.17) is 0 Å². The Kier molecular flexibility index (Phi) is 4.87. The molecule has 20 heavy (non-hydrogen) atoms. The molecule has 2 rings (SSSR count). The van der Waals surface area contributed by atoms with Crippen molar-refractivity contribution in [2.75, 3.05) is 0 Å². The lowest BCUT2D eigenvalue weighted by atomic mass is 10.1. The van der Waals surface area contributed by atoms with Crippen LogP contribution in [-0.4, -0.2) is 16.0 Å². The van der Waals surface area contributed by atoms with Crippen molar-refractivity contribution in [3.8, 4) is 0 Å². The Balaban J connectivity index is 1.85. The zero-order valence-corrected chi connectivity index (χ0v) is 12.4. The number of thiazole rings is 1. The van der Waals surface area contributed by atoms with E-state index in [2.05, 4.69) is 10.3 Å². The molecule has 2 N–H and O–H groups in total. The lowest BCUT2D eigenvalue weighted by Crippen LogP contribution is -2.24. The smallest absolute Gasteiger partial charge is 0.223 e. The van der Waals surface area contributed by atoms with Crippen molar-refractivity contribution >= 4 is 17.2 Å². The number of amides is 1. The minimum atomic E-state index is -0.763. The highest BCUT2D eigenvalue weighted by Gasteiger charge is 2.13. The zero-order chi connectivity index (χ0) is 14.5. The molecular formula is C15H18N2O2S. The summed E-state index contributed by atoms with van der Waals surface area (Å²) >= 11 is 1.58. The largest absolute Gasteiger partial charge is 0.388 e. The second kappa shape index (κ2) is 6.63. The lowest BCUT2D eigenvalue weighted by molar-refractivity contribution is -0.123. The molecule has 4 nitrogen and oxygen atoms in total. The quantitative estimate of drug-likeness (QED) is 0.889. The number of hydrogen-bond acceptors (Lipinski definition) is 4. The van der Waals surface area contributed by atoms with E-state index in [1.165, 1.54) is 0 Å². The maximum atomic E-state index is 11.8. The van der Waals surface area contributed by atoms with Crippen LogP contribution in [0.25, 0.3) is 0 Å². The number of carbonyl (C=O) groups is 1. The average molecular weight is 290 g/mol. The summed E-state index contributed by atoms with van der Waals surface area (Å²) in [6.07, 6.45) is -0.693. The van der Waals surface area contributed by atoms with Gasteiger partial charge >= 0.3 is 0 Å². The minimum Gasteiger partial charge on any atom is -0.388 e. The third kappa shape index (κ3) is 3.88. The first-order valence-electron chi connectivity index (χ1n) is 6.49. The molecule has 0 saturated heterocycles. The van der Waals surface area contributed by atoms with Gasteiger partial charge in [0.25, 0.3) is 0 Å². The molecule has 1 unspecified atom stereocenters. The molecule has 0 aliphatic heterocycles. The van der Waals surface area contributed by atoms with Gasteiger partial charge in [0, 0.05) is 4.88 Å². The van der Waals surface area contributed by atoms with Crippen LogP contribution in [0.4, 0.5) is 0 Å². The molecule has 2 aromatic rings. The second-order valence-electron chi connectivity index (χ2n) is 4.65. The van der Waals surface area contributed by atoms with E-state index in [0.717, 1.165) is 21.1 Å². The van der Waals surface area contributed by atoms with Gasteiger partial charge in [-0.25, -0.2) is 4.98 Å². The van der Waals surface area contributed by atoms with Crippen LogP contribution >= 0.6 is 11.3 Å². The standard InChI is InChI=1S/C15H18N2O2S/c1-10-14(20-11(2)17-10)9-16-15(19)8-13(18)12-6-4-3-5-7-12/h3-7,13,18H,8-9H2,1-2H3,(H,16,19). The number of aliphatic hydroxyl groups excluding tert-OH is 1. The Morgan fingerprint density at radius 3 is 2.65 bits per heavy atom. The highest BCUT2D eigenvalue weighted by molar-refractivity contribution is 7.11. The molecule has 0 radical (unpaired) electrons. The number of aliphatic hydroxyl groups is 1. The zero-order valence-electron chi connectivity index (χ0n) is 11.6. The Hall–Kier alpha value is -1.72. The van der Waals surface area contributed by atoms with E-state index in [0.29, 0.717) is 6.54 Å². The van der Waals surface area contributed by atoms with Gasteiger partial charge in [0.2, 0.25) is 5.91 Å². The topological polar surface area (TPSA) is 62.2 Å². The third-order valence-electron chi connectivity index (χ3n) is 3.01. The van der Waals surface area contributed by atoms with Crippen LogP contribution < -0.4 is 5.32 Å². The summed E-state index contributed by atoms with van der Waals surface area (Å²) in [5, 5.41) is 13.8. The predicted molar refractivity (Wildman–Crippen MR) is 79.5 cm³/mol. The summed E-state index contributed by atoms with van der Waals surface area (Å²) in [6, 6.07) is 9.20. The lowest BCUT2D eigenvalue weighted by Gasteiger charge is -2.10. The van der Waals surface area contributed by atoms with Crippen molar-refractivity contribution < 1.29 is 9.90 Å². The maximum absolute atomic E-state index is 11.8. The van der Waals surface area contributed by atoms with E-state index >= 15 is 0 Å². The van der Waals surface area contributed by atoms with E-state index in [9.17, 15) is 9.90 Å². The number of aromatic nitrogens is 1. The van der Waals surface area contributed by atoms with Crippen molar-refractivity contribution in [2.45, 2.75) is 32.9 Å². The SMILES string of the molecule is Cc1nc(C)c(CNC(=O)CC(O)c2ccccc2)s1. The molecule has 106 valence electrons. The normalized spacial score (nSPS) is 12.2. The molecule has 0 aliphatic carbocycles. The van der Waals surface area contributed by atoms with E-state index < -0.39 is 6.10 Å². The Morgan fingerprint density at radius 1 is 1.35 bits per heavy atom. The average Bonchev–Trinajstić information content (AvgIpc) is 2.75. The molecule has 0 bridgehead atoms. The number of aryl methyl sites for hydroxylation is 2. The molecule has 1 aromatic heterocycles. The van der Waals surface area contributed by atoms with Gasteiger partial charge in [-0.3, -0.25) is 4.79 Å². The molecule has 0 aliphatic rings. The van der Waals surface area contributed by atoms with Crippen LogP contribution in [-0.2, 0) is 11.3 Å². The monoisotopic (exact) mass is 290 g/mol. The Bertz CT molecular complexity index is 581. The third-order valence-corrected chi connectivity index (χ3v) is 4.08. The van der Waals surface area contributed by atoms with Crippen LogP contribution in [0.3, 0.4) is 0 Å². The molecule has 5 heteroatoms. The summed E-state index contributed by atoms with van der Waals surface area (Å²) in [5.74, 6) is -0.160. The summed E-state index contributed by atoms with van der Waals surface area (Å²) in [4.78, 5) is 17.2. The second-order valence-corrected chi connectivity index (χ2v) is 5.94. The molecule has 1 atom stereocenters. The molecule has 1 heterocycles. The molecule has 0 fully saturated rings. The van der Waals surface area contributed by atoms with Crippen molar-refractivity contribution in [1.29, 1.82) is 0 Å². The van der Waals surface area contributed by atoms with Crippen LogP contribution in [0, 0.1) is 13.8 Å². The van der Waals surface area contributed by atoms with Crippen molar-refractivity contribution in [2.24, 2.45) is 0 Å². The highest BCUT2D eigenvalue weighted by atomic mass is 32.1. The molecule has 1 amide bonds. The van der Waals surface area contributed by atoms with Gasteiger partial charge in [-0.1, -0.05) is 30.3 Å². The van der Waals surface area contributed by atoms with Crippen LogP contribution in [0.2, 0.25) is 0 Å². The van der Waals surface area contributed by atoms with Crippen LogP contribution in [0.1, 0.15) is 33.7 Å². The number of hydrogen-bond donors (Lipinski definition) is 2. The molecule has 0 spiro atoms. The van der Waals surface area contributed by atoms with Crippen molar-refractivity contribution in [3.05, 3.63) is 51.5 Å². The van der Waals surface area contributed by atoms with Crippen LogP contribution in [0.15, 0.2) is 30.3 Å². The van der Waals surface area contributed by atoms with Crippen LogP contribution in [0.5, 0.6) is 0 Å². The fraction of sp³-hybridized carbons (Fsp3) is 0.333. The molecule has 0 saturated carbocycles. The summed E-state index contributed by atoms with van der Waals surface area (Å²) in [6.45, 7) is 4.35. The molecule has 1 aromatic carbocycles. The summed E-state index contributed by atoms with van der Waals surface area (Å²) in [5.41, 5.74) is 1.71. The van der Waals surface area contributed by atoms with Gasteiger partial charge in [0.15, 0.2) is 0 Å². The maximum Gasteiger partial charge on any atom is 0.223 e. The summed E-state index contributed by atoms with van der Waals surface area (Å²) in [7, 11) is 0. The summed E-state index contributed by atoms with van der Waals surface area (Å²) < 4.78 is 0. The van der Waals surface area contributed by atoms with E-state index in [1.807, 2.05) is 44.2 Å². The Labute approximate surface area is 122 Å². The first-order chi connectivity index (χ1) is 9.56. The van der Waals surface area contributed by atoms with Gasteiger partial charge < -0.3 is 10.4 Å². The fourth-order valence-electron chi connectivity index (χ4n) is 1.96. The number of nitrogens with one attached hydrogen (secondary N) is 1. The Morgan fingerprint density at radius 2 is 2.05 bits per heavy atom. The van der Waals surface area contributed by atoms with Gasteiger partial charge in [0.05, 0.1) is 29.8 Å². The minimum absolute atomic E-state index is 0.0703. The number of nitrogens with zero attached hydrogens (tertiary/aromatic N) is 1. The number of benzene rings is 1. The predicted octanol–water partition coefficient (Wildman–Crippen LogP) is 2.50. The van der Waals surface area contributed by atoms with E-state index in [1.54, 1.807) is 11.3 Å². The van der Waals surface area contributed by atoms with Gasteiger partial charge in [-0.2, -0.15) is 0 Å². The first-order valence-corrected chi connectivity index (χ1v) is 7.30. The number of rotatable bonds is 5. The van der Waals surface area contributed by atoms with E-state index in [-0.39, 0.29) is 12.3 Å². The van der Waals surface area contributed by atoms with Crippen molar-refractivity contribution in [3.63, 3.8) is 0 Å². The van der Waals surface area contributed by atoms with Gasteiger partial charge in [-0.05, 0) is 19.4 Å². The van der Waals surface area contributed by atoms with Crippen molar-refractivity contribution in [1.82, 2.24) is 10.3 Å². The first kappa shape index (κ1) is 14.7. The fourth-order valence-corrected chi connectivity index (χ4v) is 2.83. The highest BCUT2D eigenvalue weighted by Crippen LogP contribution is 2.18. The number of carbonyl (C=O) groups excluding carboxylic acids is 1. The molecular weight excluding hydrogens is 272 g/mol.